The molecule has 0 aromatic heterocycles. The number of nitrogens with zero attached hydrogens (tertiary/aromatic N) is 1. The van der Waals surface area contributed by atoms with Crippen LogP contribution in [0.25, 0.3) is 0 Å². The number of aliphatic imine (C=N–C) groups is 1. The van der Waals surface area contributed by atoms with Gasteiger partial charge in [-0.1, -0.05) is 56.2 Å². The Morgan fingerprint density at radius 3 is 2.42 bits per heavy atom. The molecule has 0 spiro atoms. The van der Waals surface area contributed by atoms with Crippen molar-refractivity contribution >= 4 is 6.21 Å². The lowest BCUT2D eigenvalue weighted by molar-refractivity contribution is 0.354. The molecule has 0 N–H and O–H groups in total. The van der Waals surface area contributed by atoms with Gasteiger partial charge in [0, 0.05) is 6.21 Å². The highest BCUT2D eigenvalue weighted by Gasteiger charge is 2.10. The van der Waals surface area contributed by atoms with E-state index in [-0.39, 0.29) is 6.04 Å². The highest BCUT2D eigenvalue weighted by atomic mass is 16.5. The molecule has 0 radical (unpaired) electrons. The fourth-order valence-corrected chi connectivity index (χ4v) is 2.68. The molecule has 0 fully saturated rings. The Labute approximate surface area is 145 Å². The zero-order chi connectivity index (χ0) is 17.2. The van der Waals surface area contributed by atoms with Gasteiger partial charge in [-0.15, -0.1) is 0 Å². The first kappa shape index (κ1) is 18.1. The second kappa shape index (κ2) is 9.76. The average Bonchev–Trinajstić information content (AvgIpc) is 2.64. The van der Waals surface area contributed by atoms with Crippen molar-refractivity contribution < 1.29 is 9.47 Å². The summed E-state index contributed by atoms with van der Waals surface area (Å²) >= 11 is 0. The molecule has 2 aromatic rings. The van der Waals surface area contributed by atoms with Gasteiger partial charge in [-0.05, 0) is 36.1 Å². The normalized spacial score (nSPS) is 12.3. The number of methoxy groups -OCH3 is 2. The standard InChI is InChI=1S/C21H27NO2/c1-4-5-11-19(22-16-17-9-7-6-8-10-17)14-18-12-13-20(23-2)21(15-18)24-3/h6-10,12-13,15-16,19H,4-5,11,14H2,1-3H3/t19-/m1/s1. The van der Waals surface area contributed by atoms with Gasteiger partial charge in [0.25, 0.3) is 0 Å². The first-order chi connectivity index (χ1) is 11.8. The summed E-state index contributed by atoms with van der Waals surface area (Å²) in [6, 6.07) is 16.7. The number of ether oxygens (including phenoxy) is 2. The lowest BCUT2D eigenvalue weighted by Gasteiger charge is -2.14. The van der Waals surface area contributed by atoms with Crippen LogP contribution < -0.4 is 9.47 Å². The van der Waals surface area contributed by atoms with E-state index < -0.39 is 0 Å². The van der Waals surface area contributed by atoms with Gasteiger partial charge < -0.3 is 9.47 Å². The maximum atomic E-state index is 5.41. The van der Waals surface area contributed by atoms with Gasteiger partial charge in [-0.2, -0.15) is 0 Å². The van der Waals surface area contributed by atoms with Crippen molar-refractivity contribution in [2.24, 2.45) is 4.99 Å². The summed E-state index contributed by atoms with van der Waals surface area (Å²) < 4.78 is 10.7. The Morgan fingerprint density at radius 2 is 1.75 bits per heavy atom. The Bertz CT molecular complexity index is 638. The van der Waals surface area contributed by atoms with Crippen molar-refractivity contribution in [3.63, 3.8) is 0 Å². The molecule has 0 aliphatic rings. The van der Waals surface area contributed by atoms with Crippen molar-refractivity contribution in [2.75, 3.05) is 14.2 Å². The van der Waals surface area contributed by atoms with Crippen molar-refractivity contribution in [2.45, 2.75) is 38.6 Å². The quantitative estimate of drug-likeness (QED) is 0.612. The van der Waals surface area contributed by atoms with E-state index in [1.807, 2.05) is 30.5 Å². The smallest absolute Gasteiger partial charge is 0.160 e. The molecule has 3 heteroatoms. The first-order valence-corrected chi connectivity index (χ1v) is 8.56. The van der Waals surface area contributed by atoms with E-state index >= 15 is 0 Å². The second-order valence-corrected chi connectivity index (χ2v) is 5.88. The van der Waals surface area contributed by atoms with Gasteiger partial charge in [0.15, 0.2) is 11.5 Å². The Morgan fingerprint density at radius 1 is 1.00 bits per heavy atom. The number of rotatable bonds is 9. The molecule has 2 rings (SSSR count). The molecule has 0 unspecified atom stereocenters. The molecule has 1 atom stereocenters. The van der Waals surface area contributed by atoms with E-state index in [1.54, 1.807) is 14.2 Å². The van der Waals surface area contributed by atoms with Crippen LogP contribution in [0.4, 0.5) is 0 Å². The lowest BCUT2D eigenvalue weighted by atomic mass is 10.0. The van der Waals surface area contributed by atoms with E-state index in [1.165, 1.54) is 18.4 Å². The zero-order valence-electron chi connectivity index (χ0n) is 14.9. The highest BCUT2D eigenvalue weighted by molar-refractivity contribution is 5.79. The maximum Gasteiger partial charge on any atom is 0.160 e. The molecule has 0 aliphatic carbocycles. The fraction of sp³-hybridized carbons (Fsp3) is 0.381. The minimum absolute atomic E-state index is 0.281. The van der Waals surface area contributed by atoms with Gasteiger partial charge in [-0.3, -0.25) is 4.99 Å². The summed E-state index contributed by atoms with van der Waals surface area (Å²) in [5.41, 5.74) is 2.37. The van der Waals surface area contributed by atoms with Crippen LogP contribution in [0.2, 0.25) is 0 Å². The molecule has 0 amide bonds. The number of benzene rings is 2. The van der Waals surface area contributed by atoms with Gasteiger partial charge in [0.2, 0.25) is 0 Å². The summed E-state index contributed by atoms with van der Waals surface area (Å²) in [5, 5.41) is 0. The van der Waals surface area contributed by atoms with Crippen LogP contribution in [0.15, 0.2) is 53.5 Å². The molecule has 0 aliphatic heterocycles. The Kier molecular flexibility index (Phi) is 7.34. The van der Waals surface area contributed by atoms with Crippen LogP contribution in [0.1, 0.15) is 37.3 Å². The first-order valence-electron chi connectivity index (χ1n) is 8.56. The summed E-state index contributed by atoms with van der Waals surface area (Å²) in [6.45, 7) is 2.22. The topological polar surface area (TPSA) is 30.8 Å². The minimum Gasteiger partial charge on any atom is -0.493 e. The van der Waals surface area contributed by atoms with Crippen molar-refractivity contribution in [3.8, 4) is 11.5 Å². The minimum atomic E-state index is 0.281. The predicted molar refractivity (Wildman–Crippen MR) is 101 cm³/mol. The maximum absolute atomic E-state index is 5.41. The number of hydrogen-bond acceptors (Lipinski definition) is 3. The van der Waals surface area contributed by atoms with Crippen LogP contribution in [0, 0.1) is 0 Å². The van der Waals surface area contributed by atoms with E-state index in [4.69, 9.17) is 14.5 Å². The third-order valence-electron chi connectivity index (χ3n) is 4.04. The SMILES string of the molecule is CCCC[C@H](Cc1ccc(OC)c(OC)c1)N=Cc1ccccc1. The molecule has 0 bridgehead atoms. The van der Waals surface area contributed by atoms with E-state index in [0.717, 1.165) is 29.9 Å². The van der Waals surface area contributed by atoms with Crippen molar-refractivity contribution in [3.05, 3.63) is 59.7 Å². The van der Waals surface area contributed by atoms with E-state index in [9.17, 15) is 0 Å². The van der Waals surface area contributed by atoms with Crippen molar-refractivity contribution in [1.29, 1.82) is 0 Å². The summed E-state index contributed by atoms with van der Waals surface area (Å²) in [6.07, 6.45) is 6.35. The Hall–Kier alpha value is -2.29. The number of unbranched alkanes of at least 4 members (excludes halogenated alkanes) is 1. The summed E-state index contributed by atoms with van der Waals surface area (Å²) in [7, 11) is 3.33. The fourth-order valence-electron chi connectivity index (χ4n) is 2.68. The van der Waals surface area contributed by atoms with Gasteiger partial charge >= 0.3 is 0 Å². The molecule has 0 heterocycles. The number of hydrogen-bond donors (Lipinski definition) is 0. The molecule has 24 heavy (non-hydrogen) atoms. The molecule has 0 saturated carbocycles. The van der Waals surface area contributed by atoms with Crippen LogP contribution in [-0.4, -0.2) is 26.5 Å². The van der Waals surface area contributed by atoms with Crippen molar-refractivity contribution in [1.82, 2.24) is 0 Å². The van der Waals surface area contributed by atoms with Gasteiger partial charge in [0.1, 0.15) is 0 Å². The molecular formula is C21H27NO2. The molecule has 3 nitrogen and oxygen atoms in total. The van der Waals surface area contributed by atoms with Crippen LogP contribution in [0.5, 0.6) is 11.5 Å². The van der Waals surface area contributed by atoms with Gasteiger partial charge in [0.05, 0.1) is 20.3 Å². The van der Waals surface area contributed by atoms with Crippen LogP contribution in [-0.2, 0) is 6.42 Å². The van der Waals surface area contributed by atoms with Crippen LogP contribution >= 0.6 is 0 Å². The van der Waals surface area contributed by atoms with E-state index in [2.05, 4.69) is 31.2 Å². The largest absolute Gasteiger partial charge is 0.493 e. The lowest BCUT2D eigenvalue weighted by Crippen LogP contribution is -2.09. The summed E-state index contributed by atoms with van der Waals surface area (Å²) in [4.78, 5) is 4.83. The third-order valence-corrected chi connectivity index (χ3v) is 4.04. The highest BCUT2D eigenvalue weighted by Crippen LogP contribution is 2.28. The predicted octanol–water partition coefficient (Wildman–Crippen LogP) is 4.92. The molecule has 128 valence electrons. The van der Waals surface area contributed by atoms with Gasteiger partial charge in [-0.25, -0.2) is 0 Å². The van der Waals surface area contributed by atoms with Crippen LogP contribution in [0.3, 0.4) is 0 Å². The molecule has 0 saturated heterocycles. The molecule has 2 aromatic carbocycles. The Balaban J connectivity index is 2.12. The molecular weight excluding hydrogens is 298 g/mol. The average molecular weight is 325 g/mol. The summed E-state index contributed by atoms with van der Waals surface area (Å²) in [5.74, 6) is 1.54. The second-order valence-electron chi connectivity index (χ2n) is 5.88. The zero-order valence-corrected chi connectivity index (χ0v) is 14.9. The van der Waals surface area contributed by atoms with E-state index in [0.29, 0.717) is 0 Å². The monoisotopic (exact) mass is 325 g/mol. The third kappa shape index (κ3) is 5.41.